The maximum Gasteiger partial charge on any atom is 0.210 e. The maximum absolute atomic E-state index is 5.43. The van der Waals surface area contributed by atoms with E-state index >= 15 is 0 Å². The van der Waals surface area contributed by atoms with Crippen molar-refractivity contribution in [2.45, 2.75) is 6.54 Å². The maximum atomic E-state index is 5.43. The van der Waals surface area contributed by atoms with Crippen molar-refractivity contribution in [2.75, 3.05) is 0 Å². The van der Waals surface area contributed by atoms with Crippen LogP contribution in [-0.2, 0) is 6.54 Å². The molecule has 2 aromatic rings. The third-order valence-corrected chi connectivity index (χ3v) is 1.94. The fourth-order valence-electron chi connectivity index (χ4n) is 1.05. The van der Waals surface area contributed by atoms with Crippen LogP contribution in [-0.4, -0.2) is 4.98 Å². The zero-order valence-corrected chi connectivity index (χ0v) is 8.41. The van der Waals surface area contributed by atoms with Crippen LogP contribution in [0.5, 0.6) is 0 Å². The molecule has 0 aliphatic carbocycles. The number of halogens is 1. The van der Waals surface area contributed by atoms with E-state index in [4.69, 9.17) is 4.42 Å². The number of oxazole rings is 1. The molecule has 12 heavy (non-hydrogen) atoms. The second-order valence-corrected chi connectivity index (χ2v) is 3.15. The van der Waals surface area contributed by atoms with Gasteiger partial charge in [0.2, 0.25) is 5.89 Å². The van der Waals surface area contributed by atoms with Crippen molar-refractivity contribution < 1.29 is 4.42 Å². The average Bonchev–Trinajstić information content (AvgIpc) is 2.47. The minimum atomic E-state index is 0.662. The highest BCUT2D eigenvalue weighted by Gasteiger charge is 2.02. The Hall–Kier alpha value is -0.620. The highest BCUT2D eigenvalue weighted by molar-refractivity contribution is 14.1. The minimum Gasteiger partial charge on any atom is -0.439 e. The van der Waals surface area contributed by atoms with Crippen LogP contribution in [0.2, 0.25) is 0 Å². The second kappa shape index (κ2) is 3.40. The van der Waals surface area contributed by atoms with E-state index < -0.39 is 0 Å². The van der Waals surface area contributed by atoms with Gasteiger partial charge < -0.3 is 4.42 Å². The molecule has 0 spiro atoms. The summed E-state index contributed by atoms with van der Waals surface area (Å²) in [7, 11) is 0. The Labute approximate surface area is 83.7 Å². The molecule has 0 saturated heterocycles. The molecule has 2 rings (SSSR count). The van der Waals surface area contributed by atoms with Crippen LogP contribution in [0, 0.1) is 0 Å². The van der Waals surface area contributed by atoms with Gasteiger partial charge in [0.1, 0.15) is 5.52 Å². The highest BCUT2D eigenvalue weighted by Crippen LogP contribution is 2.14. The number of aromatic nitrogens is 1. The molecule has 0 unspecified atom stereocenters. The van der Waals surface area contributed by atoms with Gasteiger partial charge in [0.15, 0.2) is 5.58 Å². The smallest absolute Gasteiger partial charge is 0.210 e. The van der Waals surface area contributed by atoms with E-state index in [0.717, 1.165) is 17.0 Å². The van der Waals surface area contributed by atoms with Gasteiger partial charge in [0, 0.05) is 22.9 Å². The van der Waals surface area contributed by atoms with Gasteiger partial charge in [-0.25, -0.2) is 4.98 Å². The zero-order chi connectivity index (χ0) is 8.39. The largest absolute Gasteiger partial charge is 0.439 e. The summed E-state index contributed by atoms with van der Waals surface area (Å²) >= 11 is 2.07. The summed E-state index contributed by atoms with van der Waals surface area (Å²) < 4.78 is 8.39. The molecule has 0 radical (unpaired) electrons. The lowest BCUT2D eigenvalue weighted by Crippen LogP contribution is -1.96. The Morgan fingerprint density at radius 3 is 3.00 bits per heavy atom. The van der Waals surface area contributed by atoms with Crippen LogP contribution in [0.25, 0.3) is 11.1 Å². The lowest BCUT2D eigenvalue weighted by atomic mass is 10.3. The Bertz CT molecular complexity index is 352. The van der Waals surface area contributed by atoms with E-state index in [0.29, 0.717) is 6.54 Å². The van der Waals surface area contributed by atoms with Gasteiger partial charge in [-0.3, -0.25) is 3.53 Å². The molecule has 1 N–H and O–H groups in total. The molecule has 0 bridgehead atoms. The van der Waals surface area contributed by atoms with Crippen molar-refractivity contribution in [1.29, 1.82) is 0 Å². The first-order valence-electron chi connectivity index (χ1n) is 3.58. The van der Waals surface area contributed by atoms with Gasteiger partial charge in [-0.05, 0) is 12.1 Å². The summed E-state index contributed by atoms with van der Waals surface area (Å²) in [5, 5.41) is 0. The molecule has 0 amide bonds. The van der Waals surface area contributed by atoms with Crippen LogP contribution >= 0.6 is 22.9 Å². The van der Waals surface area contributed by atoms with E-state index in [1.54, 1.807) is 0 Å². The summed E-state index contributed by atoms with van der Waals surface area (Å²) in [6.07, 6.45) is 0. The number of nitrogens with zero attached hydrogens (tertiary/aromatic N) is 1. The van der Waals surface area contributed by atoms with Crippen molar-refractivity contribution in [3.8, 4) is 0 Å². The molecular weight excluding hydrogens is 267 g/mol. The van der Waals surface area contributed by atoms with Crippen molar-refractivity contribution in [2.24, 2.45) is 0 Å². The number of benzene rings is 1. The molecule has 0 aliphatic heterocycles. The van der Waals surface area contributed by atoms with E-state index in [1.807, 2.05) is 24.3 Å². The number of para-hydroxylation sites is 2. The summed E-state index contributed by atoms with van der Waals surface area (Å²) in [6, 6.07) is 7.75. The molecule has 0 saturated carbocycles. The molecule has 0 fully saturated rings. The lowest BCUT2D eigenvalue weighted by Gasteiger charge is -1.86. The van der Waals surface area contributed by atoms with E-state index in [1.165, 1.54) is 0 Å². The summed E-state index contributed by atoms with van der Waals surface area (Å²) in [6.45, 7) is 0.662. The number of rotatable bonds is 2. The van der Waals surface area contributed by atoms with Crippen LogP contribution in [0.15, 0.2) is 28.7 Å². The Kier molecular flexibility index (Phi) is 2.27. The first kappa shape index (κ1) is 8.00. The summed E-state index contributed by atoms with van der Waals surface area (Å²) in [5.41, 5.74) is 1.76. The predicted molar refractivity (Wildman–Crippen MR) is 54.9 cm³/mol. The summed E-state index contributed by atoms with van der Waals surface area (Å²) in [4.78, 5) is 4.27. The highest BCUT2D eigenvalue weighted by atomic mass is 127. The topological polar surface area (TPSA) is 38.1 Å². The molecule has 62 valence electrons. The predicted octanol–water partition coefficient (Wildman–Crippen LogP) is 2.27. The van der Waals surface area contributed by atoms with E-state index in [-0.39, 0.29) is 0 Å². The Morgan fingerprint density at radius 1 is 1.42 bits per heavy atom. The molecule has 4 heteroatoms. The van der Waals surface area contributed by atoms with Crippen LogP contribution in [0.1, 0.15) is 5.89 Å². The molecule has 0 atom stereocenters. The number of nitrogens with one attached hydrogen (secondary N) is 1. The van der Waals surface area contributed by atoms with E-state index in [2.05, 4.69) is 31.4 Å². The molecule has 1 heterocycles. The van der Waals surface area contributed by atoms with Gasteiger partial charge >= 0.3 is 0 Å². The SMILES string of the molecule is INCc1nc2ccccc2o1. The lowest BCUT2D eigenvalue weighted by molar-refractivity contribution is 0.529. The van der Waals surface area contributed by atoms with Crippen molar-refractivity contribution in [1.82, 2.24) is 8.51 Å². The number of hydrogen-bond acceptors (Lipinski definition) is 3. The van der Waals surface area contributed by atoms with Gasteiger partial charge in [-0.15, -0.1) is 0 Å². The zero-order valence-electron chi connectivity index (χ0n) is 6.25. The van der Waals surface area contributed by atoms with Crippen molar-refractivity contribution in [3.63, 3.8) is 0 Å². The monoisotopic (exact) mass is 274 g/mol. The van der Waals surface area contributed by atoms with Gasteiger partial charge in [0.05, 0.1) is 6.54 Å². The molecule has 1 aromatic carbocycles. The number of fused-ring (bicyclic) bond motifs is 1. The van der Waals surface area contributed by atoms with Crippen molar-refractivity contribution >= 4 is 34.0 Å². The molecule has 3 nitrogen and oxygen atoms in total. The number of hydrogen-bond donors (Lipinski definition) is 1. The fraction of sp³-hybridized carbons (Fsp3) is 0.125. The van der Waals surface area contributed by atoms with Gasteiger partial charge in [0.25, 0.3) is 0 Å². The van der Waals surface area contributed by atoms with Crippen molar-refractivity contribution in [3.05, 3.63) is 30.2 Å². The third-order valence-electron chi connectivity index (χ3n) is 1.56. The standard InChI is InChI=1S/C8H7IN2O/c9-10-5-8-11-6-3-1-2-4-7(6)12-8/h1-4,10H,5H2. The fourth-order valence-corrected chi connectivity index (χ4v) is 1.38. The van der Waals surface area contributed by atoms with E-state index in [9.17, 15) is 0 Å². The quantitative estimate of drug-likeness (QED) is 0.674. The second-order valence-electron chi connectivity index (χ2n) is 2.39. The molecule has 0 aliphatic rings. The normalized spacial score (nSPS) is 10.8. The third kappa shape index (κ3) is 1.44. The minimum absolute atomic E-state index is 0.662. The average molecular weight is 274 g/mol. The van der Waals surface area contributed by atoms with Crippen LogP contribution < -0.4 is 3.53 Å². The first-order chi connectivity index (χ1) is 5.90. The van der Waals surface area contributed by atoms with Gasteiger partial charge in [-0.2, -0.15) is 0 Å². The first-order valence-corrected chi connectivity index (χ1v) is 4.66. The molecule has 1 aromatic heterocycles. The Morgan fingerprint density at radius 2 is 2.25 bits per heavy atom. The van der Waals surface area contributed by atoms with Crippen LogP contribution in [0.4, 0.5) is 0 Å². The van der Waals surface area contributed by atoms with Gasteiger partial charge in [-0.1, -0.05) is 12.1 Å². The van der Waals surface area contributed by atoms with Crippen LogP contribution in [0.3, 0.4) is 0 Å². The molecular formula is C8H7IN2O. The Balaban J connectivity index is 2.47. The summed E-state index contributed by atoms with van der Waals surface area (Å²) in [5.74, 6) is 0.727.